The van der Waals surface area contributed by atoms with Crippen LogP contribution in [0, 0.1) is 6.92 Å². The van der Waals surface area contributed by atoms with Crippen molar-refractivity contribution >= 4 is 5.69 Å². The van der Waals surface area contributed by atoms with Crippen LogP contribution in [0.1, 0.15) is 23.9 Å². The summed E-state index contributed by atoms with van der Waals surface area (Å²) < 4.78 is 7.29. The molecular formula is C15H21N3O. The second-order valence-electron chi connectivity index (χ2n) is 4.66. The van der Waals surface area contributed by atoms with Crippen LogP contribution in [-0.4, -0.2) is 16.9 Å². The van der Waals surface area contributed by atoms with Gasteiger partial charge in [0.15, 0.2) is 0 Å². The summed E-state index contributed by atoms with van der Waals surface area (Å²) >= 11 is 0. The second kappa shape index (κ2) is 5.78. The molecule has 0 amide bonds. The van der Waals surface area contributed by atoms with E-state index in [0.29, 0.717) is 0 Å². The fourth-order valence-corrected chi connectivity index (χ4v) is 2.06. The maximum atomic E-state index is 5.36. The number of aromatic nitrogens is 2. The molecule has 0 saturated carbocycles. The van der Waals surface area contributed by atoms with Gasteiger partial charge < -0.3 is 10.1 Å². The standard InChI is InChI=1S/C15H21N3O/c1-5-12-9-13(18(3)17-12)10-16-14-8-11(2)6-7-15(14)19-4/h6-9,16H,5,10H2,1-4H3. The quantitative estimate of drug-likeness (QED) is 0.897. The van der Waals surface area contributed by atoms with E-state index in [1.54, 1.807) is 7.11 Å². The van der Waals surface area contributed by atoms with Crippen LogP contribution < -0.4 is 10.1 Å². The first kappa shape index (κ1) is 13.5. The Morgan fingerprint density at radius 1 is 1.32 bits per heavy atom. The van der Waals surface area contributed by atoms with Gasteiger partial charge in [0.05, 0.1) is 30.7 Å². The van der Waals surface area contributed by atoms with Crippen molar-refractivity contribution in [1.82, 2.24) is 9.78 Å². The van der Waals surface area contributed by atoms with Crippen molar-refractivity contribution in [3.05, 3.63) is 41.2 Å². The van der Waals surface area contributed by atoms with Gasteiger partial charge in [0.1, 0.15) is 5.75 Å². The van der Waals surface area contributed by atoms with Crippen molar-refractivity contribution in [2.24, 2.45) is 7.05 Å². The molecular weight excluding hydrogens is 238 g/mol. The molecule has 0 aliphatic carbocycles. The fourth-order valence-electron chi connectivity index (χ4n) is 2.06. The normalized spacial score (nSPS) is 10.5. The lowest BCUT2D eigenvalue weighted by atomic mass is 10.2. The zero-order valence-corrected chi connectivity index (χ0v) is 12.0. The highest BCUT2D eigenvalue weighted by molar-refractivity contribution is 5.58. The summed E-state index contributed by atoms with van der Waals surface area (Å²) in [6.45, 7) is 4.93. The third-order valence-electron chi connectivity index (χ3n) is 3.20. The van der Waals surface area contributed by atoms with Crippen LogP contribution in [0.5, 0.6) is 5.75 Å². The third kappa shape index (κ3) is 3.08. The van der Waals surface area contributed by atoms with Gasteiger partial charge in [-0.2, -0.15) is 5.10 Å². The number of methoxy groups -OCH3 is 1. The molecule has 0 spiro atoms. The van der Waals surface area contributed by atoms with E-state index in [4.69, 9.17) is 4.74 Å². The molecule has 19 heavy (non-hydrogen) atoms. The third-order valence-corrected chi connectivity index (χ3v) is 3.20. The number of rotatable bonds is 5. The van der Waals surface area contributed by atoms with E-state index in [-0.39, 0.29) is 0 Å². The average Bonchev–Trinajstić information content (AvgIpc) is 2.77. The Hall–Kier alpha value is -1.97. The monoisotopic (exact) mass is 259 g/mol. The Morgan fingerprint density at radius 2 is 2.11 bits per heavy atom. The molecule has 1 aromatic heterocycles. The minimum Gasteiger partial charge on any atom is -0.495 e. The van der Waals surface area contributed by atoms with Gasteiger partial charge in [-0.05, 0) is 37.1 Å². The predicted octanol–water partition coefficient (Wildman–Crippen LogP) is 2.91. The largest absolute Gasteiger partial charge is 0.495 e. The Morgan fingerprint density at radius 3 is 2.74 bits per heavy atom. The molecule has 1 N–H and O–H groups in total. The molecule has 4 heteroatoms. The minimum absolute atomic E-state index is 0.739. The highest BCUT2D eigenvalue weighted by Gasteiger charge is 2.06. The summed E-state index contributed by atoms with van der Waals surface area (Å²) in [5.41, 5.74) is 4.51. The van der Waals surface area contributed by atoms with Crippen LogP contribution >= 0.6 is 0 Å². The van der Waals surface area contributed by atoms with E-state index in [1.807, 2.05) is 23.9 Å². The molecule has 0 saturated heterocycles. The molecule has 2 aromatic rings. The highest BCUT2D eigenvalue weighted by atomic mass is 16.5. The smallest absolute Gasteiger partial charge is 0.141 e. The fraction of sp³-hybridized carbons (Fsp3) is 0.400. The summed E-state index contributed by atoms with van der Waals surface area (Å²) in [5.74, 6) is 0.864. The molecule has 1 aromatic carbocycles. The van der Waals surface area contributed by atoms with Crippen LogP contribution in [0.25, 0.3) is 0 Å². The summed E-state index contributed by atoms with van der Waals surface area (Å²) in [7, 11) is 3.67. The van der Waals surface area contributed by atoms with Gasteiger partial charge >= 0.3 is 0 Å². The van der Waals surface area contributed by atoms with E-state index >= 15 is 0 Å². The van der Waals surface area contributed by atoms with Gasteiger partial charge in [-0.1, -0.05) is 13.0 Å². The molecule has 102 valence electrons. The van der Waals surface area contributed by atoms with Gasteiger partial charge in [-0.15, -0.1) is 0 Å². The van der Waals surface area contributed by atoms with E-state index < -0.39 is 0 Å². The van der Waals surface area contributed by atoms with Crippen molar-refractivity contribution < 1.29 is 4.74 Å². The van der Waals surface area contributed by atoms with Crippen molar-refractivity contribution in [3.8, 4) is 5.75 Å². The Labute approximate surface area is 114 Å². The minimum atomic E-state index is 0.739. The molecule has 0 fully saturated rings. The first-order valence-corrected chi connectivity index (χ1v) is 6.54. The molecule has 0 atom stereocenters. The number of nitrogens with zero attached hydrogens (tertiary/aromatic N) is 2. The maximum absolute atomic E-state index is 5.36. The maximum Gasteiger partial charge on any atom is 0.141 e. The van der Waals surface area contributed by atoms with E-state index in [1.165, 1.54) is 11.3 Å². The first-order chi connectivity index (χ1) is 9.13. The Balaban J connectivity index is 2.13. The Kier molecular flexibility index (Phi) is 4.10. The number of nitrogens with one attached hydrogen (secondary N) is 1. The van der Waals surface area contributed by atoms with Gasteiger partial charge in [-0.25, -0.2) is 0 Å². The van der Waals surface area contributed by atoms with Crippen LogP contribution in [0.3, 0.4) is 0 Å². The molecule has 0 radical (unpaired) electrons. The predicted molar refractivity (Wildman–Crippen MR) is 77.6 cm³/mol. The summed E-state index contributed by atoms with van der Waals surface area (Å²) in [6.07, 6.45) is 0.960. The molecule has 0 bridgehead atoms. The number of aryl methyl sites for hydroxylation is 3. The van der Waals surface area contributed by atoms with E-state index in [9.17, 15) is 0 Å². The summed E-state index contributed by atoms with van der Waals surface area (Å²) in [4.78, 5) is 0. The number of hydrogen-bond acceptors (Lipinski definition) is 3. The van der Waals surface area contributed by atoms with Gasteiger partial charge in [0.2, 0.25) is 0 Å². The van der Waals surface area contributed by atoms with E-state index in [0.717, 1.165) is 30.1 Å². The zero-order valence-electron chi connectivity index (χ0n) is 12.0. The van der Waals surface area contributed by atoms with Gasteiger partial charge in [-0.3, -0.25) is 4.68 Å². The van der Waals surface area contributed by atoms with Gasteiger partial charge in [0, 0.05) is 7.05 Å². The van der Waals surface area contributed by atoms with Crippen molar-refractivity contribution in [2.45, 2.75) is 26.8 Å². The van der Waals surface area contributed by atoms with Crippen LogP contribution in [-0.2, 0) is 20.0 Å². The zero-order chi connectivity index (χ0) is 13.8. The van der Waals surface area contributed by atoms with Gasteiger partial charge in [0.25, 0.3) is 0 Å². The number of ether oxygens (including phenoxy) is 1. The molecule has 0 aliphatic rings. The van der Waals surface area contributed by atoms with Crippen molar-refractivity contribution in [2.75, 3.05) is 12.4 Å². The van der Waals surface area contributed by atoms with Crippen LogP contribution in [0.15, 0.2) is 24.3 Å². The topological polar surface area (TPSA) is 39.1 Å². The summed E-state index contributed by atoms with van der Waals surface area (Å²) in [6, 6.07) is 8.26. The lowest BCUT2D eigenvalue weighted by Crippen LogP contribution is -2.06. The SMILES string of the molecule is CCc1cc(CNc2cc(C)ccc2OC)n(C)n1. The number of benzene rings is 1. The number of anilines is 1. The van der Waals surface area contributed by atoms with Crippen molar-refractivity contribution in [1.29, 1.82) is 0 Å². The summed E-state index contributed by atoms with van der Waals surface area (Å²) in [5, 5.41) is 7.86. The first-order valence-electron chi connectivity index (χ1n) is 6.54. The van der Waals surface area contributed by atoms with E-state index in [2.05, 4.69) is 36.4 Å². The van der Waals surface area contributed by atoms with Crippen LogP contribution in [0.2, 0.25) is 0 Å². The number of hydrogen-bond donors (Lipinski definition) is 1. The average molecular weight is 259 g/mol. The van der Waals surface area contributed by atoms with Crippen LogP contribution in [0.4, 0.5) is 5.69 Å². The van der Waals surface area contributed by atoms with Crippen molar-refractivity contribution in [3.63, 3.8) is 0 Å². The highest BCUT2D eigenvalue weighted by Crippen LogP contribution is 2.25. The second-order valence-corrected chi connectivity index (χ2v) is 4.66. The molecule has 0 aliphatic heterocycles. The lowest BCUT2D eigenvalue weighted by molar-refractivity contribution is 0.416. The lowest BCUT2D eigenvalue weighted by Gasteiger charge is -2.12. The molecule has 2 rings (SSSR count). The molecule has 4 nitrogen and oxygen atoms in total. The molecule has 1 heterocycles. The molecule has 0 unspecified atom stereocenters. The Bertz CT molecular complexity index is 561.